The van der Waals surface area contributed by atoms with Gasteiger partial charge in [0.05, 0.1) is 5.56 Å². The number of alkyl halides is 5. The highest BCUT2D eigenvalue weighted by molar-refractivity contribution is 6.30. The summed E-state index contributed by atoms with van der Waals surface area (Å²) in [5.74, 6) is 0. The number of pyridine rings is 1. The summed E-state index contributed by atoms with van der Waals surface area (Å²) in [6.07, 6.45) is -7.76. The maximum absolute atomic E-state index is 12.4. The molecule has 1 rings (SSSR count). The van der Waals surface area contributed by atoms with Crippen molar-refractivity contribution in [3.8, 4) is 0 Å². The second-order valence-electron chi connectivity index (χ2n) is 2.87. The summed E-state index contributed by atoms with van der Waals surface area (Å²) in [4.78, 5) is 3.03. The largest absolute Gasteiger partial charge is 0.419 e. The van der Waals surface area contributed by atoms with Crippen molar-refractivity contribution in [3.63, 3.8) is 0 Å². The molecule has 16 heavy (non-hydrogen) atoms. The number of hydrogen-bond acceptors (Lipinski definition) is 2. The number of hydrogen-bond donors (Lipinski definition) is 1. The SMILES string of the molecule is NCc1cc(C(F)(F)F)c(Cl)nc1C(F)F. The van der Waals surface area contributed by atoms with Crippen LogP contribution in [0, 0.1) is 0 Å². The molecule has 2 nitrogen and oxygen atoms in total. The van der Waals surface area contributed by atoms with Gasteiger partial charge in [0.2, 0.25) is 0 Å². The van der Waals surface area contributed by atoms with Gasteiger partial charge in [0.25, 0.3) is 6.43 Å². The third-order valence-electron chi connectivity index (χ3n) is 1.82. The summed E-state index contributed by atoms with van der Waals surface area (Å²) in [5.41, 5.74) is 2.61. The van der Waals surface area contributed by atoms with Crippen LogP contribution in [0.1, 0.15) is 23.2 Å². The Morgan fingerprint density at radius 2 is 1.94 bits per heavy atom. The zero-order valence-corrected chi connectivity index (χ0v) is 8.41. The average Bonchev–Trinajstić information content (AvgIpc) is 2.15. The monoisotopic (exact) mass is 260 g/mol. The molecule has 0 fully saturated rings. The lowest BCUT2D eigenvalue weighted by atomic mass is 10.1. The zero-order chi connectivity index (χ0) is 12.5. The van der Waals surface area contributed by atoms with E-state index in [1.807, 2.05) is 0 Å². The third kappa shape index (κ3) is 2.59. The fourth-order valence-corrected chi connectivity index (χ4v) is 1.35. The molecular weight excluding hydrogens is 255 g/mol. The molecule has 0 spiro atoms. The highest BCUT2D eigenvalue weighted by atomic mass is 35.5. The summed E-state index contributed by atoms with van der Waals surface area (Å²) in [7, 11) is 0. The molecule has 0 aliphatic rings. The average molecular weight is 261 g/mol. The molecule has 0 radical (unpaired) electrons. The number of aromatic nitrogens is 1. The Kier molecular flexibility index (Phi) is 3.69. The third-order valence-corrected chi connectivity index (χ3v) is 2.11. The second-order valence-corrected chi connectivity index (χ2v) is 3.23. The quantitative estimate of drug-likeness (QED) is 0.655. The summed E-state index contributed by atoms with van der Waals surface area (Å²) in [5, 5.41) is -1.000. The first-order valence-electron chi connectivity index (χ1n) is 4.02. The van der Waals surface area contributed by atoms with E-state index in [-0.39, 0.29) is 5.56 Å². The number of nitrogens with zero attached hydrogens (tertiary/aromatic N) is 1. The predicted molar refractivity (Wildman–Crippen MR) is 47.1 cm³/mol. The first-order valence-corrected chi connectivity index (χ1v) is 4.40. The number of nitrogens with two attached hydrogens (primary N) is 1. The van der Waals surface area contributed by atoms with E-state index >= 15 is 0 Å². The molecular formula is C8H6ClF5N2. The number of rotatable bonds is 2. The standard InChI is InChI=1S/C8H6ClF5N2/c9-6-4(8(12,13)14)1-3(2-15)5(16-6)7(10)11/h1,7H,2,15H2. The minimum absolute atomic E-state index is 0.369. The van der Waals surface area contributed by atoms with E-state index in [1.54, 1.807) is 0 Å². The van der Waals surface area contributed by atoms with Gasteiger partial charge in [-0.2, -0.15) is 13.2 Å². The van der Waals surface area contributed by atoms with Crippen LogP contribution >= 0.6 is 11.6 Å². The van der Waals surface area contributed by atoms with Crippen molar-refractivity contribution in [3.05, 3.63) is 28.0 Å². The molecule has 0 aromatic carbocycles. The Morgan fingerprint density at radius 1 is 1.38 bits per heavy atom. The summed E-state index contributed by atoms with van der Waals surface area (Å²) in [6.45, 7) is -0.465. The molecule has 0 aliphatic heterocycles. The summed E-state index contributed by atoms with van der Waals surface area (Å²) in [6, 6.07) is 0.497. The van der Waals surface area contributed by atoms with Crippen molar-refractivity contribution in [1.29, 1.82) is 0 Å². The van der Waals surface area contributed by atoms with Gasteiger partial charge in [-0.05, 0) is 11.6 Å². The molecule has 0 unspecified atom stereocenters. The van der Waals surface area contributed by atoms with E-state index in [4.69, 9.17) is 17.3 Å². The molecule has 0 saturated carbocycles. The molecule has 0 amide bonds. The highest BCUT2D eigenvalue weighted by Crippen LogP contribution is 2.36. The summed E-state index contributed by atoms with van der Waals surface area (Å²) < 4.78 is 61.8. The van der Waals surface area contributed by atoms with Gasteiger partial charge in [-0.25, -0.2) is 13.8 Å². The predicted octanol–water partition coefficient (Wildman–Crippen LogP) is 3.15. The minimum atomic E-state index is -4.74. The molecule has 0 atom stereocenters. The lowest BCUT2D eigenvalue weighted by Gasteiger charge is -2.12. The Balaban J connectivity index is 3.37. The van der Waals surface area contributed by atoms with Crippen molar-refractivity contribution in [2.45, 2.75) is 19.1 Å². The number of halogens is 6. The summed E-state index contributed by atoms with van der Waals surface area (Å²) >= 11 is 5.18. The van der Waals surface area contributed by atoms with Crippen LogP contribution in [0.25, 0.3) is 0 Å². The molecule has 2 N–H and O–H groups in total. The van der Waals surface area contributed by atoms with Gasteiger partial charge in [0, 0.05) is 6.54 Å². The van der Waals surface area contributed by atoms with Gasteiger partial charge in [-0.3, -0.25) is 0 Å². The van der Waals surface area contributed by atoms with Crippen molar-refractivity contribution in [1.82, 2.24) is 4.98 Å². The van der Waals surface area contributed by atoms with Gasteiger partial charge < -0.3 is 5.73 Å². The van der Waals surface area contributed by atoms with E-state index in [2.05, 4.69) is 4.98 Å². The molecule has 1 aromatic heterocycles. The van der Waals surface area contributed by atoms with E-state index in [0.717, 1.165) is 0 Å². The lowest BCUT2D eigenvalue weighted by Crippen LogP contribution is -2.12. The Hall–Kier alpha value is -0.950. The van der Waals surface area contributed by atoms with Crippen molar-refractivity contribution >= 4 is 11.6 Å². The van der Waals surface area contributed by atoms with Crippen molar-refractivity contribution in [2.24, 2.45) is 5.73 Å². The molecule has 0 aliphatic carbocycles. The Labute approximate surface area is 92.2 Å². The fourth-order valence-electron chi connectivity index (χ4n) is 1.10. The molecule has 0 bridgehead atoms. The van der Waals surface area contributed by atoms with Crippen LogP contribution in [0.3, 0.4) is 0 Å². The molecule has 8 heteroatoms. The van der Waals surface area contributed by atoms with Gasteiger partial charge in [-0.15, -0.1) is 0 Å². The molecule has 1 aromatic rings. The molecule has 1 heterocycles. The van der Waals surface area contributed by atoms with Crippen LogP contribution in [0.5, 0.6) is 0 Å². The Bertz CT molecular complexity index is 391. The zero-order valence-electron chi connectivity index (χ0n) is 7.65. The molecule has 0 saturated heterocycles. The smallest absolute Gasteiger partial charge is 0.326 e. The van der Waals surface area contributed by atoms with Crippen LogP contribution in [-0.2, 0) is 12.7 Å². The lowest BCUT2D eigenvalue weighted by molar-refractivity contribution is -0.137. The van der Waals surface area contributed by atoms with Crippen LogP contribution in [-0.4, -0.2) is 4.98 Å². The van der Waals surface area contributed by atoms with E-state index in [9.17, 15) is 22.0 Å². The van der Waals surface area contributed by atoms with Gasteiger partial charge in [-0.1, -0.05) is 11.6 Å². The van der Waals surface area contributed by atoms with E-state index in [0.29, 0.717) is 6.07 Å². The van der Waals surface area contributed by atoms with Crippen molar-refractivity contribution in [2.75, 3.05) is 0 Å². The maximum Gasteiger partial charge on any atom is 0.419 e. The van der Waals surface area contributed by atoms with Crippen LogP contribution in [0.15, 0.2) is 6.07 Å². The minimum Gasteiger partial charge on any atom is -0.326 e. The molecule has 90 valence electrons. The van der Waals surface area contributed by atoms with Gasteiger partial charge in [0.1, 0.15) is 10.8 Å². The van der Waals surface area contributed by atoms with Crippen molar-refractivity contribution < 1.29 is 22.0 Å². The van der Waals surface area contributed by atoms with Crippen LogP contribution < -0.4 is 5.73 Å². The van der Waals surface area contributed by atoms with Gasteiger partial charge in [0.15, 0.2) is 0 Å². The maximum atomic E-state index is 12.4. The highest BCUT2D eigenvalue weighted by Gasteiger charge is 2.35. The van der Waals surface area contributed by atoms with Crippen LogP contribution in [0.2, 0.25) is 5.15 Å². The second kappa shape index (κ2) is 4.50. The van der Waals surface area contributed by atoms with Gasteiger partial charge >= 0.3 is 6.18 Å². The van der Waals surface area contributed by atoms with E-state index in [1.165, 1.54) is 0 Å². The fraction of sp³-hybridized carbons (Fsp3) is 0.375. The topological polar surface area (TPSA) is 38.9 Å². The van der Waals surface area contributed by atoms with E-state index < -0.39 is 35.6 Å². The normalized spacial score (nSPS) is 12.2. The first kappa shape index (κ1) is 13.1. The van der Waals surface area contributed by atoms with Crippen LogP contribution in [0.4, 0.5) is 22.0 Å². The Morgan fingerprint density at radius 3 is 2.31 bits per heavy atom. The first-order chi connectivity index (χ1) is 7.27.